The summed E-state index contributed by atoms with van der Waals surface area (Å²) in [5.41, 5.74) is 3.28. The van der Waals surface area contributed by atoms with Gasteiger partial charge in [-0.2, -0.15) is 5.26 Å². The Balaban J connectivity index is 1.64. The van der Waals surface area contributed by atoms with Crippen molar-refractivity contribution in [3.63, 3.8) is 0 Å². The van der Waals surface area contributed by atoms with E-state index in [2.05, 4.69) is 6.07 Å². The minimum absolute atomic E-state index is 0.00658. The summed E-state index contributed by atoms with van der Waals surface area (Å²) in [6.07, 6.45) is 3.13. The van der Waals surface area contributed by atoms with E-state index in [0.29, 0.717) is 11.1 Å². The van der Waals surface area contributed by atoms with Gasteiger partial charge in [0.1, 0.15) is 0 Å². The van der Waals surface area contributed by atoms with Crippen molar-refractivity contribution < 1.29 is 14.3 Å². The molecule has 0 bridgehead atoms. The number of rotatable bonds is 4. The predicted octanol–water partition coefficient (Wildman–Crippen LogP) is 4.03. The van der Waals surface area contributed by atoms with E-state index >= 15 is 0 Å². The van der Waals surface area contributed by atoms with Gasteiger partial charge >= 0.3 is 5.97 Å². The molecule has 1 aliphatic rings. The number of amides is 1. The highest BCUT2D eigenvalue weighted by Crippen LogP contribution is 2.29. The second-order valence-corrected chi connectivity index (χ2v) is 7.21. The zero-order valence-corrected chi connectivity index (χ0v) is 16.2. The molecule has 3 rings (SSSR count). The second kappa shape index (κ2) is 8.71. The molecule has 0 aromatic heterocycles. The lowest BCUT2D eigenvalue weighted by atomic mass is 9.85. The summed E-state index contributed by atoms with van der Waals surface area (Å²) in [5.74, 6) is -0.199. The highest BCUT2D eigenvalue weighted by atomic mass is 16.5. The largest absolute Gasteiger partial charge is 0.469 e. The minimum Gasteiger partial charge on any atom is -0.469 e. The Kier molecular flexibility index (Phi) is 6.10. The maximum absolute atomic E-state index is 12.8. The summed E-state index contributed by atoms with van der Waals surface area (Å²) >= 11 is 0. The van der Waals surface area contributed by atoms with Crippen LogP contribution >= 0.6 is 0 Å². The highest BCUT2D eigenvalue weighted by Gasteiger charge is 2.30. The van der Waals surface area contributed by atoms with Crippen molar-refractivity contribution >= 4 is 11.9 Å². The molecule has 0 radical (unpaired) electrons. The quantitative estimate of drug-likeness (QED) is 0.756. The van der Waals surface area contributed by atoms with E-state index in [4.69, 9.17) is 10.00 Å². The van der Waals surface area contributed by atoms with Crippen LogP contribution < -0.4 is 0 Å². The van der Waals surface area contributed by atoms with E-state index in [0.717, 1.165) is 36.8 Å². The van der Waals surface area contributed by atoms with Gasteiger partial charge in [-0.1, -0.05) is 24.3 Å². The molecule has 5 nitrogen and oxygen atoms in total. The summed E-state index contributed by atoms with van der Waals surface area (Å²) in [4.78, 5) is 26.3. The molecule has 0 atom stereocenters. The van der Waals surface area contributed by atoms with E-state index in [9.17, 15) is 9.59 Å². The SMILES string of the molecule is COC(=O)C1CCC(N(C)C(=O)c2ccc(-c3ccc(C#N)cc3)cc2)CC1. The molecule has 1 fully saturated rings. The Bertz CT molecular complexity index is 874. The van der Waals surface area contributed by atoms with Crippen LogP contribution in [0.5, 0.6) is 0 Å². The summed E-state index contributed by atoms with van der Waals surface area (Å²) in [7, 11) is 3.26. The highest BCUT2D eigenvalue weighted by molar-refractivity contribution is 5.94. The Morgan fingerprint density at radius 1 is 0.964 bits per heavy atom. The van der Waals surface area contributed by atoms with Crippen LogP contribution in [-0.4, -0.2) is 37.0 Å². The summed E-state index contributed by atoms with van der Waals surface area (Å²) < 4.78 is 4.83. The van der Waals surface area contributed by atoms with Crippen molar-refractivity contribution in [1.82, 2.24) is 4.90 Å². The maximum Gasteiger partial charge on any atom is 0.308 e. The number of hydrogen-bond acceptors (Lipinski definition) is 4. The smallest absolute Gasteiger partial charge is 0.308 e. The normalized spacial score (nSPS) is 18.8. The minimum atomic E-state index is -0.147. The Morgan fingerprint density at radius 3 is 2.00 bits per heavy atom. The van der Waals surface area contributed by atoms with Crippen LogP contribution in [0.1, 0.15) is 41.6 Å². The summed E-state index contributed by atoms with van der Waals surface area (Å²) in [6, 6.07) is 17.2. The van der Waals surface area contributed by atoms with Crippen molar-refractivity contribution in [2.45, 2.75) is 31.7 Å². The number of methoxy groups -OCH3 is 1. The molecule has 28 heavy (non-hydrogen) atoms. The van der Waals surface area contributed by atoms with Gasteiger partial charge in [0.15, 0.2) is 0 Å². The molecule has 1 aliphatic carbocycles. The number of hydrogen-bond donors (Lipinski definition) is 0. The molecule has 0 heterocycles. The van der Waals surface area contributed by atoms with Gasteiger partial charge < -0.3 is 9.64 Å². The van der Waals surface area contributed by atoms with Gasteiger partial charge in [-0.05, 0) is 61.1 Å². The van der Waals surface area contributed by atoms with E-state index in [1.807, 2.05) is 43.4 Å². The van der Waals surface area contributed by atoms with Gasteiger partial charge in [0.05, 0.1) is 24.7 Å². The van der Waals surface area contributed by atoms with E-state index in [-0.39, 0.29) is 23.8 Å². The predicted molar refractivity (Wildman–Crippen MR) is 106 cm³/mol. The molecular formula is C23H24N2O3. The molecule has 5 heteroatoms. The van der Waals surface area contributed by atoms with Gasteiger partial charge in [-0.25, -0.2) is 0 Å². The number of nitriles is 1. The molecule has 0 N–H and O–H groups in total. The third-order valence-corrected chi connectivity index (χ3v) is 5.58. The van der Waals surface area contributed by atoms with Crippen molar-refractivity contribution in [3.05, 3.63) is 59.7 Å². The molecule has 1 saturated carbocycles. The van der Waals surface area contributed by atoms with E-state index in [1.165, 1.54) is 7.11 Å². The first kappa shape index (κ1) is 19.6. The van der Waals surface area contributed by atoms with Crippen LogP contribution in [0.2, 0.25) is 0 Å². The lowest BCUT2D eigenvalue weighted by molar-refractivity contribution is -0.146. The Labute approximate surface area is 165 Å². The number of carbonyl (C=O) groups excluding carboxylic acids is 2. The van der Waals surface area contributed by atoms with Gasteiger partial charge in [-0.3, -0.25) is 9.59 Å². The third-order valence-electron chi connectivity index (χ3n) is 5.58. The first-order valence-corrected chi connectivity index (χ1v) is 9.49. The zero-order chi connectivity index (χ0) is 20.1. The summed E-state index contributed by atoms with van der Waals surface area (Å²) in [5, 5.41) is 8.90. The van der Waals surface area contributed by atoms with Gasteiger partial charge in [0.2, 0.25) is 0 Å². The van der Waals surface area contributed by atoms with Crippen molar-refractivity contribution in [2.75, 3.05) is 14.2 Å². The molecule has 144 valence electrons. The van der Waals surface area contributed by atoms with Gasteiger partial charge in [0, 0.05) is 18.7 Å². The number of benzene rings is 2. The van der Waals surface area contributed by atoms with Crippen molar-refractivity contribution in [3.8, 4) is 17.2 Å². The van der Waals surface area contributed by atoms with Gasteiger partial charge in [-0.15, -0.1) is 0 Å². The zero-order valence-electron chi connectivity index (χ0n) is 16.2. The van der Waals surface area contributed by atoms with Crippen molar-refractivity contribution in [2.24, 2.45) is 5.92 Å². The topological polar surface area (TPSA) is 70.4 Å². The number of nitrogens with zero attached hydrogens (tertiary/aromatic N) is 2. The Hall–Kier alpha value is -3.13. The third kappa shape index (κ3) is 4.23. The first-order valence-electron chi connectivity index (χ1n) is 9.49. The van der Waals surface area contributed by atoms with Crippen LogP contribution in [-0.2, 0) is 9.53 Å². The van der Waals surface area contributed by atoms with Crippen LogP contribution in [0.15, 0.2) is 48.5 Å². The molecule has 1 amide bonds. The first-order chi connectivity index (χ1) is 13.5. The maximum atomic E-state index is 12.8. The van der Waals surface area contributed by atoms with Crippen LogP contribution in [0.4, 0.5) is 0 Å². The molecule has 2 aromatic carbocycles. The Morgan fingerprint density at radius 2 is 1.50 bits per heavy atom. The summed E-state index contributed by atoms with van der Waals surface area (Å²) in [6.45, 7) is 0. The lowest BCUT2D eigenvalue weighted by Crippen LogP contribution is -2.40. The molecule has 0 unspecified atom stereocenters. The van der Waals surface area contributed by atoms with Crippen molar-refractivity contribution in [1.29, 1.82) is 5.26 Å². The average molecular weight is 376 g/mol. The molecule has 0 spiro atoms. The van der Waals surface area contributed by atoms with Gasteiger partial charge in [0.25, 0.3) is 5.91 Å². The van der Waals surface area contributed by atoms with Crippen LogP contribution in [0.25, 0.3) is 11.1 Å². The average Bonchev–Trinajstić information content (AvgIpc) is 2.78. The fraction of sp³-hybridized carbons (Fsp3) is 0.348. The van der Waals surface area contributed by atoms with Crippen LogP contribution in [0.3, 0.4) is 0 Å². The fourth-order valence-corrected chi connectivity index (χ4v) is 3.78. The van der Waals surface area contributed by atoms with Crippen LogP contribution in [0, 0.1) is 17.2 Å². The monoisotopic (exact) mass is 376 g/mol. The van der Waals surface area contributed by atoms with E-state index < -0.39 is 0 Å². The number of carbonyl (C=O) groups is 2. The molecular weight excluding hydrogens is 352 g/mol. The molecule has 0 aliphatic heterocycles. The number of ether oxygens (including phenoxy) is 1. The fourth-order valence-electron chi connectivity index (χ4n) is 3.78. The molecule has 0 saturated heterocycles. The standard InChI is InChI=1S/C23H24N2O3/c1-25(21-13-11-20(12-14-21)23(27)28-2)22(26)19-9-7-18(8-10-19)17-5-3-16(15-24)4-6-17/h3-10,20-21H,11-14H2,1-2H3. The number of esters is 1. The molecule has 2 aromatic rings. The lowest BCUT2D eigenvalue weighted by Gasteiger charge is -2.33. The van der Waals surface area contributed by atoms with E-state index in [1.54, 1.807) is 17.0 Å². The second-order valence-electron chi connectivity index (χ2n) is 7.21.